The van der Waals surface area contributed by atoms with Crippen molar-refractivity contribution in [1.29, 1.82) is 0 Å². The molecule has 2 aromatic rings. The quantitative estimate of drug-likeness (QED) is 0.571. The van der Waals surface area contributed by atoms with Crippen molar-refractivity contribution in [3.8, 4) is 16.9 Å². The first-order valence-corrected chi connectivity index (χ1v) is 11.0. The van der Waals surface area contributed by atoms with E-state index in [4.69, 9.17) is 15.2 Å². The number of pyridine rings is 1. The van der Waals surface area contributed by atoms with E-state index in [1.165, 1.54) is 18.3 Å². The van der Waals surface area contributed by atoms with Crippen molar-refractivity contribution in [3.05, 3.63) is 42.1 Å². The first kappa shape index (κ1) is 25.0. The number of anilines is 1. The minimum absolute atomic E-state index is 0.0394. The predicted octanol–water partition coefficient (Wildman–Crippen LogP) is 5.03. The zero-order valence-corrected chi connectivity index (χ0v) is 19.0. The van der Waals surface area contributed by atoms with Gasteiger partial charge < -0.3 is 20.5 Å². The molecule has 9 heteroatoms. The minimum Gasteiger partial charge on any atom is -0.491 e. The van der Waals surface area contributed by atoms with Crippen LogP contribution in [0.25, 0.3) is 11.1 Å². The first-order chi connectivity index (χ1) is 15.4. The van der Waals surface area contributed by atoms with E-state index < -0.39 is 23.4 Å². The third-order valence-electron chi connectivity index (χ3n) is 5.28. The maximum atomic E-state index is 13.8. The largest absolute Gasteiger partial charge is 0.491 e. The fourth-order valence-corrected chi connectivity index (χ4v) is 3.96. The molecule has 1 unspecified atom stereocenters. The molecule has 2 heterocycles. The summed E-state index contributed by atoms with van der Waals surface area (Å²) < 4.78 is 52.3. The number of amides is 1. The van der Waals surface area contributed by atoms with Crippen LogP contribution in [0.3, 0.4) is 0 Å². The molecule has 1 aliphatic heterocycles. The molecule has 1 fully saturated rings. The summed E-state index contributed by atoms with van der Waals surface area (Å²) in [6.07, 6.45) is -1.67. The van der Waals surface area contributed by atoms with Gasteiger partial charge in [-0.3, -0.25) is 4.79 Å². The van der Waals surface area contributed by atoms with Crippen molar-refractivity contribution in [1.82, 2.24) is 4.98 Å². The van der Waals surface area contributed by atoms with E-state index in [0.717, 1.165) is 12.5 Å². The molecular weight excluding hydrogens is 435 g/mol. The van der Waals surface area contributed by atoms with Crippen molar-refractivity contribution in [2.75, 3.05) is 18.5 Å². The average Bonchev–Trinajstić information content (AvgIpc) is 3.26. The maximum absolute atomic E-state index is 13.8. The van der Waals surface area contributed by atoms with Gasteiger partial charge >= 0.3 is 6.18 Å². The molecule has 1 aromatic heterocycles. The number of hydrogen-bond donors (Lipinski definition) is 2. The van der Waals surface area contributed by atoms with E-state index in [1.54, 1.807) is 19.1 Å². The summed E-state index contributed by atoms with van der Waals surface area (Å²) in [5.41, 5.74) is 5.35. The Labute approximate surface area is 191 Å². The van der Waals surface area contributed by atoms with Crippen LogP contribution in [0.15, 0.2) is 36.5 Å². The lowest BCUT2D eigenvalue weighted by atomic mass is 9.93. The van der Waals surface area contributed by atoms with Gasteiger partial charge in [0.25, 0.3) is 5.91 Å². The number of nitrogens with zero attached hydrogens (tertiary/aromatic N) is 1. The van der Waals surface area contributed by atoms with Gasteiger partial charge in [0.15, 0.2) is 0 Å². The van der Waals surface area contributed by atoms with Gasteiger partial charge in [-0.15, -0.1) is 0 Å². The zero-order valence-electron chi connectivity index (χ0n) is 19.0. The molecule has 3 N–H and O–H groups in total. The molecule has 0 radical (unpaired) electrons. The van der Waals surface area contributed by atoms with E-state index in [9.17, 15) is 18.0 Å². The maximum Gasteiger partial charge on any atom is 0.419 e. The van der Waals surface area contributed by atoms with E-state index in [1.807, 2.05) is 13.8 Å². The van der Waals surface area contributed by atoms with Gasteiger partial charge in [0, 0.05) is 18.3 Å². The van der Waals surface area contributed by atoms with Gasteiger partial charge in [-0.1, -0.05) is 19.9 Å². The minimum atomic E-state index is -4.61. The van der Waals surface area contributed by atoms with Gasteiger partial charge in [-0.2, -0.15) is 13.2 Å². The molecule has 33 heavy (non-hydrogen) atoms. The van der Waals surface area contributed by atoms with Crippen LogP contribution in [0, 0.1) is 5.92 Å². The highest BCUT2D eigenvalue weighted by Gasteiger charge is 2.35. The van der Waals surface area contributed by atoms with E-state index in [-0.39, 0.29) is 30.0 Å². The summed E-state index contributed by atoms with van der Waals surface area (Å²) in [6, 6.07) is 6.99. The summed E-state index contributed by atoms with van der Waals surface area (Å²) in [5, 5.41) is 2.67. The lowest BCUT2D eigenvalue weighted by Gasteiger charge is -2.27. The summed E-state index contributed by atoms with van der Waals surface area (Å²) in [7, 11) is 0. The van der Waals surface area contributed by atoms with Crippen molar-refractivity contribution in [2.45, 2.75) is 57.9 Å². The van der Waals surface area contributed by atoms with Crippen LogP contribution in [0.2, 0.25) is 0 Å². The molecule has 1 aromatic carbocycles. The van der Waals surface area contributed by atoms with Crippen LogP contribution in [-0.4, -0.2) is 35.7 Å². The van der Waals surface area contributed by atoms with Crippen LogP contribution in [0.5, 0.6) is 5.75 Å². The smallest absolute Gasteiger partial charge is 0.419 e. The van der Waals surface area contributed by atoms with Gasteiger partial charge in [0.1, 0.15) is 24.3 Å². The molecule has 0 saturated carbocycles. The summed E-state index contributed by atoms with van der Waals surface area (Å²) >= 11 is 0. The van der Waals surface area contributed by atoms with Gasteiger partial charge in [-0.25, -0.2) is 4.98 Å². The number of nitrogens with one attached hydrogen (secondary N) is 1. The third kappa shape index (κ3) is 6.91. The highest BCUT2D eigenvalue weighted by atomic mass is 19.4. The van der Waals surface area contributed by atoms with E-state index in [0.29, 0.717) is 30.6 Å². The number of aromatic nitrogens is 1. The van der Waals surface area contributed by atoms with Crippen LogP contribution in [-0.2, 0) is 15.7 Å². The number of rotatable bonds is 8. The second-order valence-corrected chi connectivity index (χ2v) is 9.17. The van der Waals surface area contributed by atoms with Gasteiger partial charge in [-0.05, 0) is 67.5 Å². The Bertz CT molecular complexity index is 971. The Morgan fingerprint density at radius 2 is 2.00 bits per heavy atom. The standard InChI is InChI=1S/C24H30F3N3O3/c1-15(2)13-23(3,28)14-33-19-7-6-16(11-18(19)24(25,26)27)17-8-9-29-21(12-17)30-22(31)20-5-4-10-32-20/h6-9,11-12,15,20H,4-5,10,13-14,28H2,1-3H3,(H,29,30,31)/t20?,23-/m0/s1. The molecule has 0 bridgehead atoms. The van der Waals surface area contributed by atoms with Crippen LogP contribution >= 0.6 is 0 Å². The van der Waals surface area contributed by atoms with Gasteiger partial charge in [0.05, 0.1) is 5.56 Å². The summed E-state index contributed by atoms with van der Waals surface area (Å²) in [6.45, 7) is 6.24. The fraction of sp³-hybridized carbons (Fsp3) is 0.500. The predicted molar refractivity (Wildman–Crippen MR) is 120 cm³/mol. The topological polar surface area (TPSA) is 86.5 Å². The molecule has 180 valence electrons. The summed E-state index contributed by atoms with van der Waals surface area (Å²) in [4.78, 5) is 16.4. The Balaban J connectivity index is 1.82. The number of ether oxygens (including phenoxy) is 2. The Hall–Kier alpha value is -2.65. The van der Waals surface area contributed by atoms with Crippen LogP contribution in [0.1, 0.15) is 45.6 Å². The average molecular weight is 466 g/mol. The van der Waals surface area contributed by atoms with E-state index in [2.05, 4.69) is 10.3 Å². The van der Waals surface area contributed by atoms with Crippen molar-refractivity contribution < 1.29 is 27.4 Å². The van der Waals surface area contributed by atoms with Crippen molar-refractivity contribution in [2.24, 2.45) is 11.7 Å². The molecule has 1 amide bonds. The molecule has 2 atom stereocenters. The summed E-state index contributed by atoms with van der Waals surface area (Å²) in [5.74, 6) is -0.0557. The molecule has 1 aliphatic rings. The normalized spacial score (nSPS) is 18.2. The SMILES string of the molecule is CC(C)C[C@](C)(N)COc1ccc(-c2ccnc(NC(=O)C3CCCO3)c2)cc1C(F)(F)F. The third-order valence-corrected chi connectivity index (χ3v) is 5.28. The molecule has 0 aliphatic carbocycles. The molecule has 1 saturated heterocycles. The lowest BCUT2D eigenvalue weighted by Crippen LogP contribution is -2.43. The van der Waals surface area contributed by atoms with Crippen LogP contribution in [0.4, 0.5) is 19.0 Å². The van der Waals surface area contributed by atoms with Gasteiger partial charge in [0.2, 0.25) is 0 Å². The molecule has 6 nitrogen and oxygen atoms in total. The number of carbonyl (C=O) groups excluding carboxylic acids is 1. The number of alkyl halides is 3. The molecular formula is C24H30F3N3O3. The Kier molecular flexibility index (Phi) is 7.64. The number of halogens is 3. The Morgan fingerprint density at radius 1 is 1.27 bits per heavy atom. The number of hydrogen-bond acceptors (Lipinski definition) is 5. The number of nitrogens with two attached hydrogens (primary N) is 1. The van der Waals surface area contributed by atoms with Crippen LogP contribution < -0.4 is 15.8 Å². The van der Waals surface area contributed by atoms with Crippen molar-refractivity contribution in [3.63, 3.8) is 0 Å². The lowest BCUT2D eigenvalue weighted by molar-refractivity contribution is -0.139. The first-order valence-electron chi connectivity index (χ1n) is 11.0. The second-order valence-electron chi connectivity index (χ2n) is 9.17. The fourth-order valence-electron chi connectivity index (χ4n) is 3.96. The zero-order chi connectivity index (χ0) is 24.2. The highest BCUT2D eigenvalue weighted by Crippen LogP contribution is 2.39. The second kappa shape index (κ2) is 10.1. The van der Waals surface area contributed by atoms with E-state index >= 15 is 0 Å². The molecule has 0 spiro atoms. The number of benzene rings is 1. The highest BCUT2D eigenvalue weighted by molar-refractivity contribution is 5.94. The molecule has 3 rings (SSSR count). The Morgan fingerprint density at radius 3 is 2.64 bits per heavy atom. The monoisotopic (exact) mass is 465 g/mol. The number of carbonyl (C=O) groups is 1. The van der Waals surface area contributed by atoms with Crippen molar-refractivity contribution >= 4 is 11.7 Å².